The minimum absolute atomic E-state index is 0.171. The third-order valence-corrected chi connectivity index (χ3v) is 7.40. The minimum Gasteiger partial charge on any atom is -0.353 e. The van der Waals surface area contributed by atoms with Crippen LogP contribution in [-0.4, -0.2) is 60.8 Å². The molecule has 1 N–H and O–H groups in total. The van der Waals surface area contributed by atoms with Crippen LogP contribution < -0.4 is 5.32 Å². The molecule has 168 valence electrons. The number of likely N-dealkylation sites (N-methyl/N-ethyl adjacent to an activating group) is 1. The summed E-state index contributed by atoms with van der Waals surface area (Å²) in [4.78, 5) is 25.0. The van der Waals surface area contributed by atoms with Gasteiger partial charge in [-0.15, -0.1) is 0 Å². The molecule has 2 heterocycles. The second-order valence-corrected chi connectivity index (χ2v) is 9.43. The number of hydrogen-bond donors (Lipinski definition) is 1. The van der Waals surface area contributed by atoms with Crippen molar-refractivity contribution in [1.29, 1.82) is 0 Å². The van der Waals surface area contributed by atoms with Gasteiger partial charge in [0.2, 0.25) is 5.91 Å². The summed E-state index contributed by atoms with van der Waals surface area (Å²) < 4.78 is 0. The van der Waals surface area contributed by atoms with Gasteiger partial charge < -0.3 is 15.1 Å². The van der Waals surface area contributed by atoms with Gasteiger partial charge in [0.15, 0.2) is 0 Å². The normalized spacial score (nSPS) is 16.3. The minimum atomic E-state index is -0.210. The van der Waals surface area contributed by atoms with Crippen LogP contribution in [0, 0.1) is 0 Å². The van der Waals surface area contributed by atoms with Gasteiger partial charge in [0.25, 0.3) is 0 Å². The number of nitrogens with one attached hydrogen (secondary N) is 1. The largest absolute Gasteiger partial charge is 0.353 e. The predicted octanol–water partition coefficient (Wildman–Crippen LogP) is 4.20. The molecule has 1 atom stereocenters. The fraction of sp³-hybridized carbons (Fsp3) is 0.259. The summed E-state index contributed by atoms with van der Waals surface area (Å²) in [5.41, 5.74) is 3.34. The Labute approximate surface area is 199 Å². The third-order valence-electron chi connectivity index (χ3n) is 6.26. The summed E-state index contributed by atoms with van der Waals surface area (Å²) in [6.45, 7) is 2.94. The summed E-state index contributed by atoms with van der Waals surface area (Å²) in [6.07, 6.45) is 0.699. The van der Waals surface area contributed by atoms with Crippen molar-refractivity contribution in [2.45, 2.75) is 22.3 Å². The molecule has 3 aromatic carbocycles. The van der Waals surface area contributed by atoms with E-state index >= 15 is 0 Å². The average molecular weight is 457 g/mol. The van der Waals surface area contributed by atoms with Gasteiger partial charge in [-0.3, -0.25) is 4.79 Å². The molecule has 1 saturated heterocycles. The van der Waals surface area contributed by atoms with Crippen LogP contribution in [0.2, 0.25) is 0 Å². The number of carbonyl (C=O) groups is 1. The molecular formula is C27H28N4OS. The van der Waals surface area contributed by atoms with Crippen LogP contribution in [0.5, 0.6) is 0 Å². The number of nitrogens with zero attached hydrogens (tertiary/aromatic N) is 3. The van der Waals surface area contributed by atoms with E-state index in [0.717, 1.165) is 30.2 Å². The number of piperazine rings is 1. The highest BCUT2D eigenvalue weighted by Gasteiger charge is 2.29. The number of fused-ring (bicyclic) bond motifs is 2. The molecule has 0 bridgehead atoms. The zero-order valence-corrected chi connectivity index (χ0v) is 19.6. The Bertz CT molecular complexity index is 1160. The first kappa shape index (κ1) is 21.7. The zero-order valence-electron chi connectivity index (χ0n) is 18.8. The number of amides is 1. The van der Waals surface area contributed by atoms with Crippen LogP contribution in [0.15, 0.2) is 93.6 Å². The lowest BCUT2D eigenvalue weighted by molar-refractivity contribution is -0.134. The van der Waals surface area contributed by atoms with Gasteiger partial charge in [-0.25, -0.2) is 4.99 Å². The fourth-order valence-corrected chi connectivity index (χ4v) is 5.45. The molecule has 6 heteroatoms. The van der Waals surface area contributed by atoms with Gasteiger partial charge in [0.1, 0.15) is 5.84 Å². The lowest BCUT2D eigenvalue weighted by Gasteiger charge is -2.38. The maximum Gasteiger partial charge on any atom is 0.240 e. The monoisotopic (exact) mass is 456 g/mol. The third kappa shape index (κ3) is 4.68. The van der Waals surface area contributed by atoms with Crippen LogP contribution >= 0.6 is 11.8 Å². The predicted molar refractivity (Wildman–Crippen MR) is 134 cm³/mol. The molecule has 2 aliphatic rings. The molecule has 0 spiro atoms. The first-order valence-corrected chi connectivity index (χ1v) is 12.2. The van der Waals surface area contributed by atoms with E-state index in [2.05, 4.69) is 64.8 Å². The Kier molecular flexibility index (Phi) is 6.46. The highest BCUT2D eigenvalue weighted by Crippen LogP contribution is 2.40. The first-order valence-electron chi connectivity index (χ1n) is 11.4. The van der Waals surface area contributed by atoms with E-state index in [1.54, 1.807) is 11.8 Å². The number of hydrogen-bond acceptors (Lipinski definition) is 5. The van der Waals surface area contributed by atoms with E-state index in [1.807, 2.05) is 36.2 Å². The van der Waals surface area contributed by atoms with Crippen molar-refractivity contribution >= 4 is 29.2 Å². The van der Waals surface area contributed by atoms with Crippen molar-refractivity contribution in [2.24, 2.45) is 4.99 Å². The molecule has 1 unspecified atom stereocenters. The SMILES string of the molecule is CNC(Cc1ccccc1)C(=O)N1CCN(C2=Nc3ccccc3Sc3ccccc32)CC1. The number of amidine groups is 1. The van der Waals surface area contributed by atoms with Gasteiger partial charge in [0.05, 0.1) is 11.7 Å². The Morgan fingerprint density at radius 1 is 0.909 bits per heavy atom. The first-order chi connectivity index (χ1) is 16.2. The van der Waals surface area contributed by atoms with Crippen molar-refractivity contribution in [1.82, 2.24) is 15.1 Å². The van der Waals surface area contributed by atoms with Gasteiger partial charge in [-0.05, 0) is 37.2 Å². The van der Waals surface area contributed by atoms with Crippen LogP contribution in [0.4, 0.5) is 5.69 Å². The van der Waals surface area contributed by atoms with Crippen molar-refractivity contribution < 1.29 is 4.79 Å². The molecule has 1 fully saturated rings. The molecular weight excluding hydrogens is 428 g/mol. The quantitative estimate of drug-likeness (QED) is 0.639. The lowest BCUT2D eigenvalue weighted by Crippen LogP contribution is -2.55. The average Bonchev–Trinajstić information content (AvgIpc) is 3.04. The number of para-hydroxylation sites is 1. The van der Waals surface area contributed by atoms with E-state index in [9.17, 15) is 4.79 Å². The topological polar surface area (TPSA) is 47.9 Å². The van der Waals surface area contributed by atoms with E-state index < -0.39 is 0 Å². The summed E-state index contributed by atoms with van der Waals surface area (Å²) >= 11 is 1.77. The van der Waals surface area contributed by atoms with Crippen LogP contribution in [0.25, 0.3) is 0 Å². The number of carbonyl (C=O) groups excluding carboxylic acids is 1. The molecule has 5 rings (SSSR count). The van der Waals surface area contributed by atoms with Crippen molar-refractivity contribution in [3.8, 4) is 0 Å². The van der Waals surface area contributed by atoms with Crippen molar-refractivity contribution in [2.75, 3.05) is 33.2 Å². The number of rotatable bonds is 4. The molecule has 5 nitrogen and oxygen atoms in total. The summed E-state index contributed by atoms with van der Waals surface area (Å²) in [5.74, 6) is 1.18. The molecule has 33 heavy (non-hydrogen) atoms. The number of aliphatic imine (C=N–C) groups is 1. The molecule has 0 saturated carbocycles. The molecule has 1 amide bonds. The Morgan fingerprint density at radius 2 is 1.58 bits per heavy atom. The highest BCUT2D eigenvalue weighted by molar-refractivity contribution is 7.99. The summed E-state index contributed by atoms with van der Waals surface area (Å²) in [5, 5.41) is 3.22. The zero-order chi connectivity index (χ0) is 22.6. The van der Waals surface area contributed by atoms with Gasteiger partial charge in [-0.2, -0.15) is 0 Å². The fourth-order valence-electron chi connectivity index (χ4n) is 4.43. The van der Waals surface area contributed by atoms with Crippen molar-refractivity contribution in [3.63, 3.8) is 0 Å². The second kappa shape index (κ2) is 9.81. The van der Waals surface area contributed by atoms with Crippen LogP contribution in [-0.2, 0) is 11.2 Å². The Balaban J connectivity index is 1.32. The summed E-state index contributed by atoms with van der Waals surface area (Å²) in [6, 6.07) is 26.8. The molecule has 0 aliphatic carbocycles. The maximum absolute atomic E-state index is 13.2. The second-order valence-electron chi connectivity index (χ2n) is 8.34. The van der Waals surface area contributed by atoms with Crippen LogP contribution in [0.1, 0.15) is 11.1 Å². The Morgan fingerprint density at radius 3 is 2.33 bits per heavy atom. The van der Waals surface area contributed by atoms with E-state index in [-0.39, 0.29) is 11.9 Å². The molecule has 0 radical (unpaired) electrons. The van der Waals surface area contributed by atoms with E-state index in [1.165, 1.54) is 15.4 Å². The van der Waals surface area contributed by atoms with Gasteiger partial charge in [0, 0.05) is 41.5 Å². The van der Waals surface area contributed by atoms with E-state index in [4.69, 9.17) is 4.99 Å². The molecule has 0 aromatic heterocycles. The maximum atomic E-state index is 13.2. The molecule has 2 aliphatic heterocycles. The highest BCUT2D eigenvalue weighted by atomic mass is 32.2. The number of benzene rings is 3. The standard InChI is InChI=1S/C27H28N4OS/c1-28-23(19-20-9-3-2-4-10-20)27(32)31-17-15-30(16-18-31)26-21-11-5-7-13-24(21)33-25-14-8-6-12-22(25)29-26/h2-14,23,28H,15-19H2,1H3. The van der Waals surface area contributed by atoms with Gasteiger partial charge in [-0.1, -0.05) is 72.4 Å². The van der Waals surface area contributed by atoms with Crippen molar-refractivity contribution in [3.05, 3.63) is 90.0 Å². The van der Waals surface area contributed by atoms with Crippen LogP contribution in [0.3, 0.4) is 0 Å². The Hall–Kier alpha value is -3.09. The smallest absolute Gasteiger partial charge is 0.240 e. The molecule has 3 aromatic rings. The summed E-state index contributed by atoms with van der Waals surface area (Å²) in [7, 11) is 1.87. The lowest BCUT2D eigenvalue weighted by atomic mass is 10.0. The van der Waals surface area contributed by atoms with Gasteiger partial charge >= 0.3 is 0 Å². The van der Waals surface area contributed by atoms with E-state index in [0.29, 0.717) is 19.5 Å².